The zero-order valence-corrected chi connectivity index (χ0v) is 13.8. The number of amides is 1. The van der Waals surface area contributed by atoms with E-state index in [1.54, 1.807) is 11.0 Å². The fourth-order valence-electron chi connectivity index (χ4n) is 2.01. The molecule has 0 spiro atoms. The lowest BCUT2D eigenvalue weighted by Gasteiger charge is -2.15. The Balaban J connectivity index is 1.97. The molecule has 0 fully saturated rings. The van der Waals surface area contributed by atoms with E-state index in [4.69, 9.17) is 0 Å². The second-order valence-corrected chi connectivity index (χ2v) is 5.98. The van der Waals surface area contributed by atoms with Crippen LogP contribution in [0.2, 0.25) is 0 Å². The van der Waals surface area contributed by atoms with E-state index in [9.17, 15) is 4.79 Å². The monoisotopic (exact) mass is 343 g/mol. The average molecular weight is 344 g/mol. The van der Waals surface area contributed by atoms with Gasteiger partial charge in [0.05, 0.1) is 0 Å². The molecule has 0 aliphatic rings. The SMILES string of the molecule is Cc1cccc(/C=C/C(=O)N(C)Cc2ccc(Br)cc2)c1. The Morgan fingerprint density at radius 2 is 1.90 bits per heavy atom. The van der Waals surface area contributed by atoms with E-state index >= 15 is 0 Å². The maximum absolute atomic E-state index is 12.1. The first-order valence-electron chi connectivity index (χ1n) is 6.79. The third-order valence-corrected chi connectivity index (χ3v) is 3.70. The van der Waals surface area contributed by atoms with Gasteiger partial charge in [-0.15, -0.1) is 0 Å². The van der Waals surface area contributed by atoms with E-state index < -0.39 is 0 Å². The predicted molar refractivity (Wildman–Crippen MR) is 90.8 cm³/mol. The number of aryl methyl sites for hydroxylation is 1. The van der Waals surface area contributed by atoms with E-state index in [0.717, 1.165) is 15.6 Å². The molecule has 1 amide bonds. The van der Waals surface area contributed by atoms with Gasteiger partial charge in [-0.25, -0.2) is 0 Å². The highest BCUT2D eigenvalue weighted by atomic mass is 79.9. The molecule has 2 aromatic rings. The van der Waals surface area contributed by atoms with Crippen LogP contribution in [0.1, 0.15) is 16.7 Å². The first-order valence-corrected chi connectivity index (χ1v) is 7.58. The molecule has 0 unspecified atom stereocenters. The van der Waals surface area contributed by atoms with Crippen LogP contribution in [0.15, 0.2) is 59.1 Å². The van der Waals surface area contributed by atoms with Crippen LogP contribution in [0.5, 0.6) is 0 Å². The molecular formula is C18H18BrNO. The van der Waals surface area contributed by atoms with Gasteiger partial charge in [-0.3, -0.25) is 4.79 Å². The molecule has 2 aromatic carbocycles. The smallest absolute Gasteiger partial charge is 0.246 e. The van der Waals surface area contributed by atoms with Crippen LogP contribution in [-0.4, -0.2) is 17.9 Å². The largest absolute Gasteiger partial charge is 0.338 e. The minimum Gasteiger partial charge on any atom is -0.338 e. The lowest BCUT2D eigenvalue weighted by atomic mass is 10.1. The van der Waals surface area contributed by atoms with Crippen LogP contribution < -0.4 is 0 Å². The van der Waals surface area contributed by atoms with Gasteiger partial charge in [0.15, 0.2) is 0 Å². The molecule has 0 saturated carbocycles. The molecule has 2 rings (SSSR count). The summed E-state index contributed by atoms with van der Waals surface area (Å²) in [5, 5.41) is 0. The van der Waals surface area contributed by atoms with Crippen LogP contribution in [0, 0.1) is 6.92 Å². The Kier molecular flexibility index (Phi) is 5.34. The Bertz CT molecular complexity index is 647. The number of rotatable bonds is 4. The van der Waals surface area contributed by atoms with E-state index in [-0.39, 0.29) is 5.91 Å². The van der Waals surface area contributed by atoms with Crippen LogP contribution in [-0.2, 0) is 11.3 Å². The van der Waals surface area contributed by atoms with Gasteiger partial charge in [0, 0.05) is 24.1 Å². The maximum atomic E-state index is 12.1. The fraction of sp³-hybridized carbons (Fsp3) is 0.167. The second-order valence-electron chi connectivity index (χ2n) is 5.07. The van der Waals surface area contributed by atoms with Gasteiger partial charge >= 0.3 is 0 Å². The molecule has 0 saturated heterocycles. The van der Waals surface area contributed by atoms with Crippen molar-refractivity contribution in [3.63, 3.8) is 0 Å². The first-order chi connectivity index (χ1) is 10.0. The van der Waals surface area contributed by atoms with Gasteiger partial charge < -0.3 is 4.90 Å². The number of benzene rings is 2. The Morgan fingerprint density at radius 1 is 1.19 bits per heavy atom. The molecule has 0 atom stereocenters. The Labute approximate surface area is 134 Å². The molecule has 21 heavy (non-hydrogen) atoms. The summed E-state index contributed by atoms with van der Waals surface area (Å²) >= 11 is 3.41. The van der Waals surface area contributed by atoms with Crippen molar-refractivity contribution >= 4 is 27.9 Å². The van der Waals surface area contributed by atoms with E-state index in [1.807, 2.05) is 62.5 Å². The molecule has 0 aliphatic carbocycles. The standard InChI is InChI=1S/C18H18BrNO/c1-14-4-3-5-15(12-14)8-11-18(21)20(2)13-16-6-9-17(19)10-7-16/h3-12H,13H2,1-2H3/b11-8+. The van der Waals surface area contributed by atoms with Gasteiger partial charge in [-0.1, -0.05) is 57.9 Å². The number of carbonyl (C=O) groups excluding carboxylic acids is 1. The highest BCUT2D eigenvalue weighted by molar-refractivity contribution is 9.10. The van der Waals surface area contributed by atoms with Gasteiger partial charge in [0.1, 0.15) is 0 Å². The molecule has 0 aliphatic heterocycles. The number of halogens is 1. The van der Waals surface area contributed by atoms with E-state index in [1.165, 1.54) is 5.56 Å². The zero-order valence-electron chi connectivity index (χ0n) is 12.2. The topological polar surface area (TPSA) is 20.3 Å². The summed E-state index contributed by atoms with van der Waals surface area (Å²) in [5.74, 6) is -0.000533. The second kappa shape index (κ2) is 7.23. The lowest BCUT2D eigenvalue weighted by molar-refractivity contribution is -0.125. The van der Waals surface area contributed by atoms with Crippen molar-refractivity contribution in [2.24, 2.45) is 0 Å². The summed E-state index contributed by atoms with van der Waals surface area (Å²) in [6.07, 6.45) is 3.47. The highest BCUT2D eigenvalue weighted by Gasteiger charge is 2.05. The summed E-state index contributed by atoms with van der Waals surface area (Å²) in [6, 6.07) is 16.1. The third kappa shape index (κ3) is 4.87. The summed E-state index contributed by atoms with van der Waals surface area (Å²) < 4.78 is 1.04. The lowest BCUT2D eigenvalue weighted by Crippen LogP contribution is -2.24. The summed E-state index contributed by atoms with van der Waals surface area (Å²) in [4.78, 5) is 13.8. The molecule has 0 radical (unpaired) electrons. The minimum atomic E-state index is -0.000533. The normalized spacial score (nSPS) is 10.8. The molecule has 0 bridgehead atoms. The van der Waals surface area contributed by atoms with E-state index in [0.29, 0.717) is 6.54 Å². The molecule has 0 heterocycles. The van der Waals surface area contributed by atoms with Crippen molar-refractivity contribution in [2.75, 3.05) is 7.05 Å². The number of hydrogen-bond donors (Lipinski definition) is 0. The molecule has 3 heteroatoms. The maximum Gasteiger partial charge on any atom is 0.246 e. The Hall–Kier alpha value is -1.87. The number of nitrogens with zero attached hydrogens (tertiary/aromatic N) is 1. The van der Waals surface area contributed by atoms with Crippen molar-refractivity contribution < 1.29 is 4.79 Å². The van der Waals surface area contributed by atoms with Gasteiger partial charge in [0.25, 0.3) is 0 Å². The molecule has 108 valence electrons. The number of carbonyl (C=O) groups is 1. The zero-order chi connectivity index (χ0) is 15.2. The van der Waals surface area contributed by atoms with E-state index in [2.05, 4.69) is 22.0 Å². The van der Waals surface area contributed by atoms with Gasteiger partial charge in [0.2, 0.25) is 5.91 Å². The van der Waals surface area contributed by atoms with Crippen molar-refractivity contribution in [3.05, 3.63) is 75.8 Å². The summed E-state index contributed by atoms with van der Waals surface area (Å²) in [6.45, 7) is 2.64. The van der Waals surface area contributed by atoms with Crippen molar-refractivity contribution in [1.82, 2.24) is 4.90 Å². The molecule has 0 aromatic heterocycles. The highest BCUT2D eigenvalue weighted by Crippen LogP contribution is 2.12. The molecule has 2 nitrogen and oxygen atoms in total. The minimum absolute atomic E-state index is 0.000533. The number of likely N-dealkylation sites (N-methyl/N-ethyl adjacent to an activating group) is 1. The predicted octanol–water partition coefficient (Wildman–Crippen LogP) is 4.43. The van der Waals surface area contributed by atoms with Gasteiger partial charge in [-0.2, -0.15) is 0 Å². The summed E-state index contributed by atoms with van der Waals surface area (Å²) in [5.41, 5.74) is 3.34. The van der Waals surface area contributed by atoms with Gasteiger partial charge in [-0.05, 0) is 36.3 Å². The fourth-order valence-corrected chi connectivity index (χ4v) is 2.27. The first kappa shape index (κ1) is 15.5. The van der Waals surface area contributed by atoms with Crippen molar-refractivity contribution in [2.45, 2.75) is 13.5 Å². The summed E-state index contributed by atoms with van der Waals surface area (Å²) in [7, 11) is 1.81. The number of hydrogen-bond acceptors (Lipinski definition) is 1. The Morgan fingerprint density at radius 3 is 2.57 bits per heavy atom. The van der Waals surface area contributed by atoms with Crippen molar-refractivity contribution in [3.8, 4) is 0 Å². The van der Waals surface area contributed by atoms with Crippen LogP contribution in [0.3, 0.4) is 0 Å². The molecular weight excluding hydrogens is 326 g/mol. The van der Waals surface area contributed by atoms with Crippen LogP contribution in [0.4, 0.5) is 0 Å². The average Bonchev–Trinajstić information content (AvgIpc) is 2.47. The molecule has 0 N–H and O–H groups in total. The van der Waals surface area contributed by atoms with Crippen LogP contribution >= 0.6 is 15.9 Å². The van der Waals surface area contributed by atoms with Crippen LogP contribution in [0.25, 0.3) is 6.08 Å². The van der Waals surface area contributed by atoms with Crippen molar-refractivity contribution in [1.29, 1.82) is 0 Å². The quantitative estimate of drug-likeness (QED) is 0.752. The third-order valence-electron chi connectivity index (χ3n) is 3.17.